The van der Waals surface area contributed by atoms with E-state index in [4.69, 9.17) is 22.1 Å². The van der Waals surface area contributed by atoms with Crippen molar-refractivity contribution < 1.29 is 13.2 Å². The van der Waals surface area contributed by atoms with Crippen LogP contribution in [0.3, 0.4) is 0 Å². The van der Waals surface area contributed by atoms with Crippen molar-refractivity contribution >= 4 is 69.0 Å². The Morgan fingerprint density at radius 1 is 1.44 bits per heavy atom. The Morgan fingerprint density at radius 2 is 2.12 bits per heavy atom. The van der Waals surface area contributed by atoms with Crippen molar-refractivity contribution in [3.63, 3.8) is 0 Å². The molecule has 0 aliphatic carbocycles. The van der Waals surface area contributed by atoms with Crippen molar-refractivity contribution in [2.24, 2.45) is 10.7 Å². The SMILES string of the molecule is COc1ccc(NC(N)=NCCS(=O)(=O)N2CCSCC2)cc1Cl.I. The number of aliphatic imine (C=N–C) groups is 1. The molecule has 2 rings (SSSR count). The number of nitrogens with one attached hydrogen (secondary N) is 1. The molecule has 1 heterocycles. The molecule has 1 saturated heterocycles. The molecule has 0 spiro atoms. The topological polar surface area (TPSA) is 97.0 Å². The highest BCUT2D eigenvalue weighted by Crippen LogP contribution is 2.27. The molecule has 1 aliphatic heterocycles. The Labute approximate surface area is 174 Å². The molecule has 0 bridgehead atoms. The predicted molar refractivity (Wildman–Crippen MR) is 116 cm³/mol. The van der Waals surface area contributed by atoms with Gasteiger partial charge in [0.2, 0.25) is 10.0 Å². The smallest absolute Gasteiger partial charge is 0.215 e. The van der Waals surface area contributed by atoms with Gasteiger partial charge in [0.05, 0.1) is 24.4 Å². The Hall–Kier alpha value is -0.430. The first-order valence-electron chi connectivity index (χ1n) is 7.38. The number of thioether (sulfide) groups is 1. The summed E-state index contributed by atoms with van der Waals surface area (Å²) >= 11 is 7.80. The van der Waals surface area contributed by atoms with Crippen LogP contribution in [0, 0.1) is 0 Å². The summed E-state index contributed by atoms with van der Waals surface area (Å²) in [5.74, 6) is 2.32. The highest BCUT2D eigenvalue weighted by atomic mass is 127. The van der Waals surface area contributed by atoms with Crippen molar-refractivity contribution in [1.29, 1.82) is 0 Å². The average molecular weight is 521 g/mol. The van der Waals surface area contributed by atoms with Crippen LogP contribution in [-0.2, 0) is 10.0 Å². The van der Waals surface area contributed by atoms with Gasteiger partial charge in [-0.2, -0.15) is 11.8 Å². The van der Waals surface area contributed by atoms with E-state index in [0.29, 0.717) is 29.5 Å². The molecule has 1 aromatic rings. The molecule has 0 saturated carbocycles. The van der Waals surface area contributed by atoms with Crippen molar-refractivity contribution in [3.05, 3.63) is 23.2 Å². The number of benzene rings is 1. The van der Waals surface area contributed by atoms with Crippen LogP contribution in [0.5, 0.6) is 5.75 Å². The van der Waals surface area contributed by atoms with E-state index in [1.807, 2.05) is 0 Å². The first kappa shape index (κ1) is 22.6. The lowest BCUT2D eigenvalue weighted by Crippen LogP contribution is -2.40. The van der Waals surface area contributed by atoms with E-state index in [1.165, 1.54) is 11.4 Å². The molecular formula is C14H22ClIN4O3S2. The van der Waals surface area contributed by atoms with E-state index < -0.39 is 10.0 Å². The molecule has 0 amide bonds. The molecule has 3 N–H and O–H groups in total. The first-order valence-corrected chi connectivity index (χ1v) is 10.5. The Balaban J connectivity index is 0.00000312. The monoisotopic (exact) mass is 520 g/mol. The van der Waals surface area contributed by atoms with E-state index in [9.17, 15) is 8.42 Å². The maximum Gasteiger partial charge on any atom is 0.215 e. The number of nitrogens with zero attached hydrogens (tertiary/aromatic N) is 2. The van der Waals surface area contributed by atoms with Gasteiger partial charge in [-0.05, 0) is 18.2 Å². The normalized spacial score (nSPS) is 16.2. The third-order valence-electron chi connectivity index (χ3n) is 3.42. The van der Waals surface area contributed by atoms with Gasteiger partial charge in [0, 0.05) is 30.3 Å². The molecule has 0 aromatic heterocycles. The molecule has 11 heteroatoms. The van der Waals surface area contributed by atoms with E-state index in [0.717, 1.165) is 11.5 Å². The summed E-state index contributed by atoms with van der Waals surface area (Å²) in [6, 6.07) is 5.11. The number of halogens is 2. The summed E-state index contributed by atoms with van der Waals surface area (Å²) in [6.07, 6.45) is 0. The van der Waals surface area contributed by atoms with Gasteiger partial charge < -0.3 is 15.8 Å². The van der Waals surface area contributed by atoms with Gasteiger partial charge in [-0.25, -0.2) is 12.7 Å². The van der Waals surface area contributed by atoms with Gasteiger partial charge >= 0.3 is 0 Å². The highest BCUT2D eigenvalue weighted by Gasteiger charge is 2.23. The Bertz CT molecular complexity index is 697. The number of sulfonamides is 1. The van der Waals surface area contributed by atoms with Gasteiger partial charge in [0.1, 0.15) is 5.75 Å². The quantitative estimate of drug-likeness (QED) is 0.339. The van der Waals surface area contributed by atoms with Crippen LogP contribution < -0.4 is 15.8 Å². The Kier molecular flexibility index (Phi) is 9.64. The average Bonchev–Trinajstić information content (AvgIpc) is 2.55. The van der Waals surface area contributed by atoms with Crippen LogP contribution in [0.4, 0.5) is 5.69 Å². The zero-order valence-electron chi connectivity index (χ0n) is 13.8. The van der Waals surface area contributed by atoms with Crippen LogP contribution in [0.15, 0.2) is 23.2 Å². The number of nitrogens with two attached hydrogens (primary N) is 1. The maximum atomic E-state index is 12.2. The Morgan fingerprint density at radius 3 is 2.72 bits per heavy atom. The fourth-order valence-electron chi connectivity index (χ4n) is 2.17. The number of anilines is 1. The molecule has 0 unspecified atom stereocenters. The minimum Gasteiger partial charge on any atom is -0.495 e. The number of hydrogen-bond acceptors (Lipinski definition) is 5. The summed E-state index contributed by atoms with van der Waals surface area (Å²) in [5, 5.41) is 3.32. The number of rotatable bonds is 6. The van der Waals surface area contributed by atoms with Gasteiger partial charge in [-0.3, -0.25) is 4.99 Å². The van der Waals surface area contributed by atoms with Crippen molar-refractivity contribution in [1.82, 2.24) is 4.31 Å². The van der Waals surface area contributed by atoms with Gasteiger partial charge in [-0.15, -0.1) is 24.0 Å². The summed E-state index contributed by atoms with van der Waals surface area (Å²) < 4.78 is 31.0. The number of guanidine groups is 1. The molecule has 25 heavy (non-hydrogen) atoms. The molecule has 1 fully saturated rings. The predicted octanol–water partition coefficient (Wildman–Crippen LogP) is 2.07. The third-order valence-corrected chi connectivity index (χ3v) is 6.51. The lowest BCUT2D eigenvalue weighted by atomic mass is 10.3. The minimum absolute atomic E-state index is 0. The van der Waals surface area contributed by atoms with E-state index in [1.54, 1.807) is 30.0 Å². The molecule has 0 atom stereocenters. The maximum absolute atomic E-state index is 12.2. The summed E-state index contributed by atoms with van der Waals surface area (Å²) in [5.41, 5.74) is 6.44. The zero-order valence-corrected chi connectivity index (χ0v) is 18.5. The van der Waals surface area contributed by atoms with E-state index in [2.05, 4.69) is 10.3 Å². The molecule has 142 valence electrons. The van der Waals surface area contributed by atoms with Crippen LogP contribution >= 0.6 is 47.3 Å². The van der Waals surface area contributed by atoms with Gasteiger partial charge in [-0.1, -0.05) is 11.6 Å². The van der Waals surface area contributed by atoms with Crippen LogP contribution in [0.25, 0.3) is 0 Å². The lowest BCUT2D eigenvalue weighted by molar-refractivity contribution is 0.415. The van der Waals surface area contributed by atoms with E-state index in [-0.39, 0.29) is 42.2 Å². The van der Waals surface area contributed by atoms with E-state index >= 15 is 0 Å². The van der Waals surface area contributed by atoms with Crippen molar-refractivity contribution in [3.8, 4) is 5.75 Å². The molecule has 1 aliphatic rings. The zero-order chi connectivity index (χ0) is 17.6. The molecule has 1 aromatic carbocycles. The van der Waals surface area contributed by atoms with Crippen molar-refractivity contribution in [2.45, 2.75) is 0 Å². The second-order valence-electron chi connectivity index (χ2n) is 5.07. The van der Waals surface area contributed by atoms with Crippen LogP contribution in [0.1, 0.15) is 0 Å². The molecule has 0 radical (unpaired) electrons. The third kappa shape index (κ3) is 7.00. The van der Waals surface area contributed by atoms with Gasteiger partial charge in [0.25, 0.3) is 0 Å². The molecule has 7 nitrogen and oxygen atoms in total. The fourth-order valence-corrected chi connectivity index (χ4v) is 4.88. The lowest BCUT2D eigenvalue weighted by Gasteiger charge is -2.25. The van der Waals surface area contributed by atoms with Crippen LogP contribution in [-0.4, -0.2) is 62.7 Å². The number of methoxy groups -OCH3 is 1. The summed E-state index contributed by atoms with van der Waals surface area (Å²) in [4.78, 5) is 4.07. The fraction of sp³-hybridized carbons (Fsp3) is 0.500. The number of ether oxygens (including phenoxy) is 1. The van der Waals surface area contributed by atoms with Crippen LogP contribution in [0.2, 0.25) is 5.02 Å². The molecular weight excluding hydrogens is 499 g/mol. The first-order chi connectivity index (χ1) is 11.4. The summed E-state index contributed by atoms with van der Waals surface area (Å²) in [7, 11) is -1.74. The van der Waals surface area contributed by atoms with Gasteiger partial charge in [0.15, 0.2) is 5.96 Å². The second kappa shape index (κ2) is 10.7. The highest BCUT2D eigenvalue weighted by molar-refractivity contribution is 14.0. The minimum atomic E-state index is -3.28. The number of hydrogen-bond donors (Lipinski definition) is 2. The standard InChI is InChI=1S/C14H21ClN4O3S2.HI/c1-22-13-3-2-11(10-12(13)15)18-14(16)17-4-9-24(20,21)19-5-7-23-8-6-19;/h2-3,10H,4-9H2,1H3,(H3,16,17,18);1H. The largest absolute Gasteiger partial charge is 0.495 e. The second-order valence-corrected chi connectivity index (χ2v) is 8.79. The van der Waals surface area contributed by atoms with Crippen molar-refractivity contribution in [2.75, 3.05) is 49.3 Å². The summed E-state index contributed by atoms with van der Waals surface area (Å²) in [6.45, 7) is 1.23.